The molecular formula is C29H23ClN2O4. The summed E-state index contributed by atoms with van der Waals surface area (Å²) in [4.78, 5) is 29.7. The fourth-order valence-electron chi connectivity index (χ4n) is 5.51. The van der Waals surface area contributed by atoms with E-state index < -0.39 is 29.4 Å². The van der Waals surface area contributed by atoms with Gasteiger partial charge >= 0.3 is 5.97 Å². The SMILES string of the molecule is COC(=O)[C@]1(C#N)[C@H](c2ccc(OC)cc2)[C@H](C(=O)c2ccc(Cl)cc2)N2c3ccccc3C=C[C@H]21. The number of halogens is 1. The molecule has 0 spiro atoms. The van der Waals surface area contributed by atoms with Crippen molar-refractivity contribution in [3.63, 3.8) is 0 Å². The van der Waals surface area contributed by atoms with Gasteiger partial charge in [-0.2, -0.15) is 5.26 Å². The van der Waals surface area contributed by atoms with Gasteiger partial charge in [-0.15, -0.1) is 0 Å². The number of fused-ring (bicyclic) bond motifs is 3. The van der Waals surface area contributed by atoms with Crippen LogP contribution in [0.2, 0.25) is 5.02 Å². The third kappa shape index (κ3) is 3.47. The highest BCUT2D eigenvalue weighted by Crippen LogP contribution is 2.56. The van der Waals surface area contributed by atoms with Crippen molar-refractivity contribution < 1.29 is 19.1 Å². The molecule has 2 heterocycles. The van der Waals surface area contributed by atoms with Crippen molar-refractivity contribution in [3.05, 3.63) is 101 Å². The molecule has 0 saturated carbocycles. The largest absolute Gasteiger partial charge is 0.497 e. The molecule has 0 amide bonds. The van der Waals surface area contributed by atoms with E-state index in [1.165, 1.54) is 7.11 Å². The van der Waals surface area contributed by atoms with Crippen LogP contribution in [0, 0.1) is 16.7 Å². The van der Waals surface area contributed by atoms with Gasteiger partial charge in [-0.1, -0.05) is 54.1 Å². The topological polar surface area (TPSA) is 79.6 Å². The van der Waals surface area contributed by atoms with Crippen molar-refractivity contribution in [2.45, 2.75) is 18.0 Å². The smallest absolute Gasteiger partial charge is 0.329 e. The van der Waals surface area contributed by atoms with E-state index in [1.54, 1.807) is 55.6 Å². The van der Waals surface area contributed by atoms with Gasteiger partial charge in [0.05, 0.1) is 26.3 Å². The van der Waals surface area contributed by atoms with Crippen molar-refractivity contribution in [1.29, 1.82) is 5.26 Å². The average molecular weight is 499 g/mol. The number of hydrogen-bond donors (Lipinski definition) is 0. The minimum absolute atomic E-state index is 0.219. The molecule has 2 aliphatic rings. The summed E-state index contributed by atoms with van der Waals surface area (Å²) in [6, 6.07) is 22.1. The van der Waals surface area contributed by atoms with Crippen LogP contribution in [0.3, 0.4) is 0 Å². The van der Waals surface area contributed by atoms with Crippen LogP contribution in [0.4, 0.5) is 5.69 Å². The average Bonchev–Trinajstić information content (AvgIpc) is 3.24. The highest BCUT2D eigenvalue weighted by molar-refractivity contribution is 6.30. The minimum atomic E-state index is -1.68. The Kier molecular flexibility index (Phi) is 6.03. The molecule has 0 unspecified atom stereocenters. The number of hydrogen-bond acceptors (Lipinski definition) is 6. The Bertz CT molecular complexity index is 1390. The summed E-state index contributed by atoms with van der Waals surface area (Å²) < 4.78 is 10.6. The maximum Gasteiger partial charge on any atom is 0.329 e. The summed E-state index contributed by atoms with van der Waals surface area (Å²) in [5.41, 5.74) is 1.09. The third-order valence-corrected chi connectivity index (χ3v) is 7.38. The van der Waals surface area contributed by atoms with Gasteiger partial charge in [0.1, 0.15) is 11.8 Å². The van der Waals surface area contributed by atoms with Crippen LogP contribution in [0.25, 0.3) is 6.08 Å². The number of esters is 1. The molecule has 180 valence electrons. The van der Waals surface area contributed by atoms with Gasteiger partial charge < -0.3 is 14.4 Å². The Morgan fingerprint density at radius 1 is 1.00 bits per heavy atom. The number of nitriles is 1. The number of nitrogens with zero attached hydrogens (tertiary/aromatic N) is 2. The lowest BCUT2D eigenvalue weighted by Crippen LogP contribution is -2.46. The van der Waals surface area contributed by atoms with Gasteiger partial charge in [-0.25, -0.2) is 0 Å². The van der Waals surface area contributed by atoms with E-state index in [0.29, 0.717) is 21.9 Å². The number of para-hydroxylation sites is 1. The Morgan fingerprint density at radius 2 is 1.69 bits per heavy atom. The number of rotatable bonds is 5. The number of ether oxygens (including phenoxy) is 2. The lowest BCUT2D eigenvalue weighted by molar-refractivity contribution is -0.150. The van der Waals surface area contributed by atoms with Crippen LogP contribution in [0.15, 0.2) is 78.9 Å². The summed E-state index contributed by atoms with van der Waals surface area (Å²) in [7, 11) is 2.83. The second-order valence-electron chi connectivity index (χ2n) is 8.81. The molecule has 36 heavy (non-hydrogen) atoms. The first kappa shape index (κ1) is 23.7. The Labute approximate surface area is 214 Å². The molecule has 1 fully saturated rings. The summed E-state index contributed by atoms with van der Waals surface area (Å²) in [5, 5.41) is 11.2. The number of carbonyl (C=O) groups is 2. The molecule has 3 aromatic rings. The van der Waals surface area contributed by atoms with E-state index >= 15 is 0 Å². The molecule has 4 atom stereocenters. The van der Waals surface area contributed by atoms with Crippen molar-refractivity contribution >= 4 is 35.1 Å². The first-order valence-corrected chi connectivity index (χ1v) is 11.8. The number of Topliss-reactive ketones (excluding diaryl/α,β-unsaturated/α-hetero) is 1. The molecule has 0 aliphatic carbocycles. The first-order valence-electron chi connectivity index (χ1n) is 11.4. The van der Waals surface area contributed by atoms with E-state index in [4.69, 9.17) is 21.1 Å². The number of benzene rings is 3. The van der Waals surface area contributed by atoms with Crippen molar-refractivity contribution in [2.75, 3.05) is 19.1 Å². The predicted octanol–water partition coefficient (Wildman–Crippen LogP) is 5.28. The Balaban J connectivity index is 1.79. The molecule has 0 radical (unpaired) electrons. The van der Waals surface area contributed by atoms with E-state index in [0.717, 1.165) is 11.3 Å². The van der Waals surface area contributed by atoms with E-state index in [1.807, 2.05) is 41.3 Å². The highest BCUT2D eigenvalue weighted by atomic mass is 35.5. The van der Waals surface area contributed by atoms with Crippen molar-refractivity contribution in [1.82, 2.24) is 0 Å². The second kappa shape index (κ2) is 9.18. The predicted molar refractivity (Wildman–Crippen MR) is 137 cm³/mol. The van der Waals surface area contributed by atoms with Crippen molar-refractivity contribution in [2.24, 2.45) is 5.41 Å². The second-order valence-corrected chi connectivity index (χ2v) is 9.25. The molecule has 2 aliphatic heterocycles. The van der Waals surface area contributed by atoms with Crippen LogP contribution in [-0.2, 0) is 9.53 Å². The number of ketones is 1. The number of anilines is 1. The van der Waals surface area contributed by atoms with E-state index in [9.17, 15) is 14.9 Å². The molecule has 7 heteroatoms. The molecule has 0 bridgehead atoms. The molecular weight excluding hydrogens is 476 g/mol. The minimum Gasteiger partial charge on any atom is -0.497 e. The number of carbonyl (C=O) groups excluding carboxylic acids is 2. The van der Waals surface area contributed by atoms with E-state index in [-0.39, 0.29) is 5.78 Å². The van der Waals surface area contributed by atoms with Gasteiger partial charge in [-0.3, -0.25) is 9.59 Å². The van der Waals surface area contributed by atoms with Crippen LogP contribution in [0.1, 0.15) is 27.4 Å². The molecule has 0 aromatic heterocycles. The first-order chi connectivity index (χ1) is 17.5. The Hall–Kier alpha value is -4.08. The summed E-state index contributed by atoms with van der Waals surface area (Å²) in [5.74, 6) is -1.11. The zero-order chi connectivity index (χ0) is 25.4. The molecule has 3 aromatic carbocycles. The van der Waals surface area contributed by atoms with Gasteiger partial charge in [0, 0.05) is 22.2 Å². The van der Waals surface area contributed by atoms with Gasteiger partial charge in [0.25, 0.3) is 0 Å². The van der Waals surface area contributed by atoms with Gasteiger partial charge in [0.2, 0.25) is 0 Å². The van der Waals surface area contributed by atoms with Crippen LogP contribution in [0.5, 0.6) is 5.75 Å². The van der Waals surface area contributed by atoms with Crippen LogP contribution in [-0.4, -0.2) is 38.1 Å². The summed E-state index contributed by atoms with van der Waals surface area (Å²) in [6.45, 7) is 0. The standard InChI is InChI=1S/C29H23ClN2O4/c1-35-22-14-9-19(10-15-22)25-26(27(33)20-7-12-21(30)13-8-20)32-23-6-4-3-5-18(23)11-16-24(32)29(25,17-31)28(34)36-2/h3-16,24-26H,1-2H3/t24-,25+,26+,29-/m0/s1. The fourth-order valence-corrected chi connectivity index (χ4v) is 5.63. The lowest BCUT2D eigenvalue weighted by atomic mass is 9.68. The third-order valence-electron chi connectivity index (χ3n) is 7.13. The maximum absolute atomic E-state index is 14.2. The number of methoxy groups -OCH3 is 2. The zero-order valence-corrected chi connectivity index (χ0v) is 20.5. The normalized spacial score (nSPS) is 23.8. The van der Waals surface area contributed by atoms with Crippen LogP contribution >= 0.6 is 11.6 Å². The molecule has 6 nitrogen and oxygen atoms in total. The van der Waals surface area contributed by atoms with E-state index in [2.05, 4.69) is 6.07 Å². The quantitative estimate of drug-likeness (QED) is 0.351. The van der Waals surface area contributed by atoms with Gasteiger partial charge in [0.15, 0.2) is 11.2 Å². The zero-order valence-electron chi connectivity index (χ0n) is 19.7. The molecule has 1 saturated heterocycles. The fraction of sp³-hybridized carbons (Fsp3) is 0.207. The van der Waals surface area contributed by atoms with Crippen LogP contribution < -0.4 is 9.64 Å². The monoisotopic (exact) mass is 498 g/mol. The maximum atomic E-state index is 14.2. The summed E-state index contributed by atoms with van der Waals surface area (Å²) >= 11 is 6.09. The lowest BCUT2D eigenvalue weighted by Gasteiger charge is -2.36. The van der Waals surface area contributed by atoms with Gasteiger partial charge in [-0.05, 0) is 53.6 Å². The van der Waals surface area contributed by atoms with Crippen molar-refractivity contribution in [3.8, 4) is 11.8 Å². The highest BCUT2D eigenvalue weighted by Gasteiger charge is 2.67. The molecule has 0 N–H and O–H groups in total. The summed E-state index contributed by atoms with van der Waals surface area (Å²) in [6.07, 6.45) is 3.72. The Morgan fingerprint density at radius 3 is 2.33 bits per heavy atom. The molecule has 5 rings (SSSR count).